The summed E-state index contributed by atoms with van der Waals surface area (Å²) in [5, 5.41) is 0. The topological polar surface area (TPSA) is 0 Å². The Morgan fingerprint density at radius 1 is 1.00 bits per heavy atom. The molecule has 5 saturated carbocycles. The third kappa shape index (κ3) is 0.443. The van der Waals surface area contributed by atoms with Crippen LogP contribution >= 0.6 is 0 Å². The molecule has 0 heteroatoms. The van der Waals surface area contributed by atoms with E-state index in [2.05, 4.69) is 0 Å². The molecule has 0 nitrogen and oxygen atoms in total. The molecule has 0 aromatic heterocycles. The first-order valence-corrected chi connectivity index (χ1v) is 5.41. The van der Waals surface area contributed by atoms with Crippen LogP contribution in [0.2, 0.25) is 0 Å². The predicted molar refractivity (Wildman–Crippen MR) is 44.1 cm³/mol. The van der Waals surface area contributed by atoms with Gasteiger partial charge in [0.1, 0.15) is 0 Å². The average molecular weight is 148 g/mol. The van der Waals surface area contributed by atoms with Gasteiger partial charge in [0, 0.05) is 0 Å². The van der Waals surface area contributed by atoms with Crippen molar-refractivity contribution in [3.8, 4) is 0 Å². The molecular weight excluding hydrogens is 132 g/mol. The van der Waals surface area contributed by atoms with Gasteiger partial charge in [0.05, 0.1) is 0 Å². The second-order valence-electron chi connectivity index (χ2n) is 5.51. The molecule has 0 heterocycles. The largest absolute Gasteiger partial charge is 0.0525 e. The Morgan fingerprint density at radius 3 is 2.91 bits per heavy atom. The molecule has 5 unspecified atom stereocenters. The van der Waals surface area contributed by atoms with Gasteiger partial charge in [0.2, 0.25) is 0 Å². The molecule has 0 aliphatic heterocycles. The van der Waals surface area contributed by atoms with Crippen molar-refractivity contribution in [1.82, 2.24) is 0 Å². The molecule has 5 rings (SSSR count). The summed E-state index contributed by atoms with van der Waals surface area (Å²) in [6.45, 7) is 0. The molecule has 5 atom stereocenters. The van der Waals surface area contributed by atoms with Gasteiger partial charge >= 0.3 is 0 Å². The summed E-state index contributed by atoms with van der Waals surface area (Å²) in [5.74, 6) is 4.96. The van der Waals surface area contributed by atoms with Gasteiger partial charge in [-0.2, -0.15) is 0 Å². The summed E-state index contributed by atoms with van der Waals surface area (Å²) >= 11 is 0. The maximum absolute atomic E-state index is 1.66. The van der Waals surface area contributed by atoms with E-state index < -0.39 is 0 Å². The van der Waals surface area contributed by atoms with Crippen molar-refractivity contribution in [3.63, 3.8) is 0 Å². The van der Waals surface area contributed by atoms with E-state index in [0.29, 0.717) is 0 Å². The number of hydrogen-bond acceptors (Lipinski definition) is 0. The van der Waals surface area contributed by atoms with E-state index in [1.807, 2.05) is 0 Å². The van der Waals surface area contributed by atoms with Gasteiger partial charge in [0.15, 0.2) is 0 Å². The Hall–Kier alpha value is 0. The minimum Gasteiger partial charge on any atom is -0.0525 e. The van der Waals surface area contributed by atoms with Gasteiger partial charge in [-0.3, -0.25) is 0 Å². The maximum atomic E-state index is 1.66. The third-order valence-corrected chi connectivity index (χ3v) is 5.46. The normalized spacial score (nSPS) is 69.8. The van der Waals surface area contributed by atoms with Crippen LogP contribution < -0.4 is 0 Å². The van der Waals surface area contributed by atoms with Crippen LogP contribution in [0.1, 0.15) is 38.5 Å². The summed E-state index contributed by atoms with van der Waals surface area (Å²) in [6.07, 6.45) is 9.68. The second kappa shape index (κ2) is 1.41. The Balaban J connectivity index is 1.85. The standard InChI is InChI=1S/C11H16/c1-2-9-10-7-3-5-11(9,4-1)6-8(7)10/h7-10H,1-6H2. The Bertz CT molecular complexity index is 220. The van der Waals surface area contributed by atoms with Crippen LogP contribution in [-0.2, 0) is 0 Å². The fraction of sp³-hybridized carbons (Fsp3) is 1.00. The zero-order valence-electron chi connectivity index (χ0n) is 7.05. The lowest BCUT2D eigenvalue weighted by Crippen LogP contribution is -2.29. The van der Waals surface area contributed by atoms with Crippen molar-refractivity contribution in [2.45, 2.75) is 38.5 Å². The number of hydrogen-bond donors (Lipinski definition) is 0. The zero-order chi connectivity index (χ0) is 7.05. The molecule has 0 saturated heterocycles. The Labute approximate surface area is 68.4 Å². The van der Waals surface area contributed by atoms with Gasteiger partial charge in [-0.25, -0.2) is 0 Å². The fourth-order valence-corrected chi connectivity index (χ4v) is 5.12. The van der Waals surface area contributed by atoms with Crippen LogP contribution in [0, 0.1) is 29.1 Å². The van der Waals surface area contributed by atoms with Crippen molar-refractivity contribution in [1.29, 1.82) is 0 Å². The molecule has 0 radical (unpaired) electrons. The van der Waals surface area contributed by atoms with Gasteiger partial charge in [0.25, 0.3) is 0 Å². The van der Waals surface area contributed by atoms with E-state index in [0.717, 1.165) is 5.41 Å². The van der Waals surface area contributed by atoms with E-state index in [-0.39, 0.29) is 0 Å². The lowest BCUT2D eigenvalue weighted by molar-refractivity contribution is 0.117. The van der Waals surface area contributed by atoms with E-state index in [4.69, 9.17) is 0 Å². The van der Waals surface area contributed by atoms with Crippen LogP contribution in [0.25, 0.3) is 0 Å². The van der Waals surface area contributed by atoms with E-state index >= 15 is 0 Å². The van der Waals surface area contributed by atoms with Gasteiger partial charge in [-0.1, -0.05) is 6.42 Å². The van der Waals surface area contributed by atoms with Gasteiger partial charge in [-0.15, -0.1) is 0 Å². The van der Waals surface area contributed by atoms with Crippen molar-refractivity contribution in [2.75, 3.05) is 0 Å². The number of rotatable bonds is 0. The van der Waals surface area contributed by atoms with E-state index in [1.165, 1.54) is 23.7 Å². The molecule has 60 valence electrons. The highest BCUT2D eigenvalue weighted by atomic mass is 14.7. The maximum Gasteiger partial charge on any atom is -0.0263 e. The zero-order valence-corrected chi connectivity index (χ0v) is 7.05. The first-order valence-electron chi connectivity index (χ1n) is 5.41. The predicted octanol–water partition coefficient (Wildman–Crippen LogP) is 2.83. The van der Waals surface area contributed by atoms with Gasteiger partial charge in [-0.05, 0) is 61.2 Å². The first-order chi connectivity index (χ1) is 5.41. The molecule has 1 spiro atoms. The smallest absolute Gasteiger partial charge is 0.0263 e. The molecule has 0 N–H and O–H groups in total. The van der Waals surface area contributed by atoms with Crippen LogP contribution in [0.4, 0.5) is 0 Å². The highest BCUT2D eigenvalue weighted by Crippen LogP contribution is 2.78. The Morgan fingerprint density at radius 2 is 2.00 bits per heavy atom. The summed E-state index contributed by atoms with van der Waals surface area (Å²) < 4.78 is 0. The molecule has 5 aliphatic carbocycles. The Kier molecular flexibility index (Phi) is 0.717. The van der Waals surface area contributed by atoms with Crippen LogP contribution in [0.5, 0.6) is 0 Å². The van der Waals surface area contributed by atoms with E-state index in [1.54, 1.807) is 38.5 Å². The van der Waals surface area contributed by atoms with Crippen LogP contribution in [-0.4, -0.2) is 0 Å². The SMILES string of the molecule is C1CC2C3C4CCC2(C1)CC43. The average Bonchev–Trinajstić information content (AvgIpc) is 2.45. The molecule has 11 heavy (non-hydrogen) atoms. The fourth-order valence-electron chi connectivity index (χ4n) is 5.12. The lowest BCUT2D eigenvalue weighted by Gasteiger charge is -2.38. The third-order valence-electron chi connectivity index (χ3n) is 5.46. The van der Waals surface area contributed by atoms with Crippen molar-refractivity contribution in [2.24, 2.45) is 29.1 Å². The highest BCUT2D eigenvalue weighted by Gasteiger charge is 2.70. The highest BCUT2D eigenvalue weighted by molar-refractivity contribution is 5.19. The van der Waals surface area contributed by atoms with Gasteiger partial charge < -0.3 is 0 Å². The number of fused-ring (bicyclic) bond motifs is 1. The minimum atomic E-state index is 0.935. The lowest BCUT2D eigenvalue weighted by atomic mass is 9.67. The molecule has 4 bridgehead atoms. The van der Waals surface area contributed by atoms with Crippen molar-refractivity contribution >= 4 is 0 Å². The van der Waals surface area contributed by atoms with Crippen molar-refractivity contribution in [3.05, 3.63) is 0 Å². The minimum absolute atomic E-state index is 0.935. The van der Waals surface area contributed by atoms with Crippen LogP contribution in [0.15, 0.2) is 0 Å². The molecular formula is C11H16. The molecule has 0 aromatic carbocycles. The molecule has 5 aliphatic rings. The van der Waals surface area contributed by atoms with E-state index in [9.17, 15) is 0 Å². The quantitative estimate of drug-likeness (QED) is 0.495. The monoisotopic (exact) mass is 148 g/mol. The first kappa shape index (κ1) is 5.61. The molecule has 0 aromatic rings. The second-order valence-corrected chi connectivity index (χ2v) is 5.51. The van der Waals surface area contributed by atoms with Crippen LogP contribution in [0.3, 0.4) is 0 Å². The van der Waals surface area contributed by atoms with Crippen molar-refractivity contribution < 1.29 is 0 Å². The molecule has 0 amide bonds. The summed E-state index contributed by atoms with van der Waals surface area (Å²) in [7, 11) is 0. The molecule has 5 fully saturated rings. The summed E-state index contributed by atoms with van der Waals surface area (Å²) in [5.41, 5.74) is 0.935. The summed E-state index contributed by atoms with van der Waals surface area (Å²) in [4.78, 5) is 0. The summed E-state index contributed by atoms with van der Waals surface area (Å²) in [6, 6.07) is 0.